The van der Waals surface area contributed by atoms with Crippen LogP contribution in [0.25, 0.3) is 0 Å². The van der Waals surface area contributed by atoms with Crippen LogP contribution in [0.5, 0.6) is 0 Å². The number of allylic oxidation sites excluding steroid dienone is 2. The highest BCUT2D eigenvalue weighted by Gasteiger charge is 2.54. The third-order valence-electron chi connectivity index (χ3n) is 8.28. The summed E-state index contributed by atoms with van der Waals surface area (Å²) in [7, 11) is 0. The Labute approximate surface area is 130 Å². The minimum absolute atomic E-state index is 0.579. The molecule has 6 aliphatic rings. The van der Waals surface area contributed by atoms with E-state index in [2.05, 4.69) is 26.0 Å². The van der Waals surface area contributed by atoms with Crippen molar-refractivity contribution in [3.63, 3.8) is 0 Å². The van der Waals surface area contributed by atoms with Gasteiger partial charge in [-0.3, -0.25) is 0 Å². The van der Waals surface area contributed by atoms with Crippen LogP contribution in [0.3, 0.4) is 0 Å². The van der Waals surface area contributed by atoms with Gasteiger partial charge in [-0.1, -0.05) is 26.0 Å². The zero-order chi connectivity index (χ0) is 14.2. The monoisotopic (exact) mass is 284 g/mol. The second kappa shape index (κ2) is 4.18. The normalized spacial score (nSPS) is 53.8. The van der Waals surface area contributed by atoms with E-state index in [-0.39, 0.29) is 0 Å². The zero-order valence-corrected chi connectivity index (χ0v) is 14.0. The molecule has 6 bridgehead atoms. The molecule has 116 valence electrons. The first-order valence-electron chi connectivity index (χ1n) is 9.70. The molecule has 21 heavy (non-hydrogen) atoms. The Morgan fingerprint density at radius 3 is 1.95 bits per heavy atom. The Kier molecular flexibility index (Phi) is 2.63. The second-order valence-electron chi connectivity index (χ2n) is 10.5. The predicted octanol–water partition coefficient (Wildman–Crippen LogP) is 5.83. The molecule has 5 saturated carbocycles. The molecule has 3 unspecified atom stereocenters. The first-order valence-corrected chi connectivity index (χ1v) is 9.70. The van der Waals surface area contributed by atoms with Crippen LogP contribution in [0.2, 0.25) is 0 Å². The number of hydrogen-bond acceptors (Lipinski definition) is 0. The van der Waals surface area contributed by atoms with Crippen LogP contribution in [0.15, 0.2) is 12.2 Å². The highest BCUT2D eigenvalue weighted by atomic mass is 14.6. The number of fused-ring (bicyclic) bond motifs is 2. The van der Waals surface area contributed by atoms with E-state index in [1.165, 1.54) is 12.8 Å². The Hall–Kier alpha value is -0.260. The molecule has 3 atom stereocenters. The van der Waals surface area contributed by atoms with Crippen molar-refractivity contribution in [2.45, 2.75) is 71.6 Å². The van der Waals surface area contributed by atoms with E-state index in [0.29, 0.717) is 5.41 Å². The van der Waals surface area contributed by atoms with Crippen LogP contribution in [0.4, 0.5) is 0 Å². The molecule has 0 nitrogen and oxygen atoms in total. The first kappa shape index (κ1) is 13.2. The van der Waals surface area contributed by atoms with Crippen molar-refractivity contribution >= 4 is 0 Å². The van der Waals surface area contributed by atoms with Gasteiger partial charge in [-0.2, -0.15) is 0 Å². The average Bonchev–Trinajstić information content (AvgIpc) is 2.97. The van der Waals surface area contributed by atoms with E-state index >= 15 is 0 Å². The summed E-state index contributed by atoms with van der Waals surface area (Å²) in [5, 5.41) is 0. The maximum Gasteiger partial charge on any atom is -0.0194 e. The molecule has 6 rings (SSSR count). The molecule has 0 aromatic rings. The standard InChI is InChI=1S/C21H32/c1-20(2,19-9-14-3-4-18(19)8-14)13-21-10-15-5-16(11-21)7-17(6-15)12-21/h3-4,14-19H,5-13H2,1-2H3. The lowest BCUT2D eigenvalue weighted by atomic mass is 9.46. The van der Waals surface area contributed by atoms with Gasteiger partial charge in [0, 0.05) is 0 Å². The summed E-state index contributed by atoms with van der Waals surface area (Å²) in [6.45, 7) is 5.26. The van der Waals surface area contributed by atoms with Crippen LogP contribution in [0, 0.1) is 46.3 Å². The van der Waals surface area contributed by atoms with Crippen LogP contribution in [0.1, 0.15) is 71.6 Å². The summed E-state index contributed by atoms with van der Waals surface area (Å²) in [4.78, 5) is 0. The fourth-order valence-corrected chi connectivity index (χ4v) is 8.28. The van der Waals surface area contributed by atoms with E-state index in [9.17, 15) is 0 Å². The molecule has 6 aliphatic carbocycles. The molecule has 0 amide bonds. The minimum Gasteiger partial charge on any atom is -0.0851 e. The van der Waals surface area contributed by atoms with Gasteiger partial charge in [0.1, 0.15) is 0 Å². The highest BCUT2D eigenvalue weighted by molar-refractivity contribution is 5.13. The van der Waals surface area contributed by atoms with Crippen molar-refractivity contribution < 1.29 is 0 Å². The smallest absolute Gasteiger partial charge is 0.0194 e. The third kappa shape index (κ3) is 2.00. The first-order chi connectivity index (χ1) is 10.0. The lowest BCUT2D eigenvalue weighted by Gasteiger charge is -2.59. The lowest BCUT2D eigenvalue weighted by Crippen LogP contribution is -2.48. The van der Waals surface area contributed by atoms with Gasteiger partial charge >= 0.3 is 0 Å². The van der Waals surface area contributed by atoms with E-state index in [1.54, 1.807) is 44.9 Å². The van der Waals surface area contributed by atoms with Crippen molar-refractivity contribution in [1.82, 2.24) is 0 Å². The molecule has 0 aliphatic heterocycles. The van der Waals surface area contributed by atoms with Gasteiger partial charge in [-0.25, -0.2) is 0 Å². The van der Waals surface area contributed by atoms with Gasteiger partial charge in [0.2, 0.25) is 0 Å². The largest absolute Gasteiger partial charge is 0.0851 e. The van der Waals surface area contributed by atoms with E-state index < -0.39 is 0 Å². The quantitative estimate of drug-likeness (QED) is 0.572. The molecule has 0 heteroatoms. The molecular weight excluding hydrogens is 252 g/mol. The Morgan fingerprint density at radius 1 is 0.857 bits per heavy atom. The summed E-state index contributed by atoms with van der Waals surface area (Å²) >= 11 is 0. The SMILES string of the molecule is CC(C)(CC12CC3CC(CC(C3)C1)C2)C1CC2C=CC1C2. The third-order valence-corrected chi connectivity index (χ3v) is 8.28. The van der Waals surface area contributed by atoms with Gasteiger partial charge in [-0.15, -0.1) is 0 Å². The Morgan fingerprint density at radius 2 is 1.48 bits per heavy atom. The maximum absolute atomic E-state index is 2.63. The predicted molar refractivity (Wildman–Crippen MR) is 87.8 cm³/mol. The van der Waals surface area contributed by atoms with E-state index in [4.69, 9.17) is 0 Å². The van der Waals surface area contributed by atoms with Gasteiger partial charge in [0.15, 0.2) is 0 Å². The molecule has 0 heterocycles. The lowest BCUT2D eigenvalue weighted by molar-refractivity contribution is -0.0833. The second-order valence-corrected chi connectivity index (χ2v) is 10.5. The molecular formula is C21H32. The topological polar surface area (TPSA) is 0 Å². The fourth-order valence-electron chi connectivity index (χ4n) is 8.28. The highest BCUT2D eigenvalue weighted by Crippen LogP contribution is 2.65. The van der Waals surface area contributed by atoms with Gasteiger partial charge in [-0.05, 0) is 104 Å². The van der Waals surface area contributed by atoms with Crippen LogP contribution in [-0.2, 0) is 0 Å². The maximum atomic E-state index is 2.63. The average molecular weight is 284 g/mol. The van der Waals surface area contributed by atoms with Gasteiger partial charge in [0.25, 0.3) is 0 Å². The summed E-state index contributed by atoms with van der Waals surface area (Å²) < 4.78 is 0. The van der Waals surface area contributed by atoms with Crippen LogP contribution >= 0.6 is 0 Å². The molecule has 0 aromatic heterocycles. The van der Waals surface area contributed by atoms with Crippen molar-refractivity contribution in [2.24, 2.45) is 46.3 Å². The van der Waals surface area contributed by atoms with Crippen LogP contribution in [-0.4, -0.2) is 0 Å². The van der Waals surface area contributed by atoms with Crippen molar-refractivity contribution in [1.29, 1.82) is 0 Å². The van der Waals surface area contributed by atoms with Gasteiger partial charge < -0.3 is 0 Å². The molecule has 0 saturated heterocycles. The molecule has 0 aromatic carbocycles. The molecule has 0 radical (unpaired) electrons. The summed E-state index contributed by atoms with van der Waals surface area (Å²) in [5.74, 6) is 6.21. The molecule has 5 fully saturated rings. The van der Waals surface area contributed by atoms with Crippen molar-refractivity contribution in [2.75, 3.05) is 0 Å². The summed E-state index contributed by atoms with van der Waals surface area (Å²) in [6, 6.07) is 0. The van der Waals surface area contributed by atoms with E-state index in [1.807, 2.05) is 0 Å². The zero-order valence-electron chi connectivity index (χ0n) is 14.0. The summed E-state index contributed by atoms with van der Waals surface area (Å²) in [5.41, 5.74) is 1.35. The minimum atomic E-state index is 0.579. The summed E-state index contributed by atoms with van der Waals surface area (Å²) in [6.07, 6.45) is 19.2. The van der Waals surface area contributed by atoms with Crippen molar-refractivity contribution in [3.05, 3.63) is 12.2 Å². The van der Waals surface area contributed by atoms with Gasteiger partial charge in [0.05, 0.1) is 0 Å². The van der Waals surface area contributed by atoms with Crippen molar-refractivity contribution in [3.8, 4) is 0 Å². The Balaban J connectivity index is 1.38. The molecule has 0 N–H and O–H groups in total. The molecule has 0 spiro atoms. The van der Waals surface area contributed by atoms with E-state index in [0.717, 1.165) is 40.9 Å². The number of rotatable bonds is 3. The number of hydrogen-bond donors (Lipinski definition) is 0. The van der Waals surface area contributed by atoms with Crippen LogP contribution < -0.4 is 0 Å². The Bertz CT molecular complexity index is 433. The fraction of sp³-hybridized carbons (Fsp3) is 0.905.